The van der Waals surface area contributed by atoms with Gasteiger partial charge in [0.1, 0.15) is 24.6 Å². The van der Waals surface area contributed by atoms with Crippen LogP contribution in [0.2, 0.25) is 10.0 Å². The Morgan fingerprint density at radius 1 is 1.05 bits per heavy atom. The molecule has 1 aliphatic heterocycles. The molecule has 9 heteroatoms. The third kappa shape index (κ3) is 5.96. The van der Waals surface area contributed by atoms with Crippen molar-refractivity contribution in [1.82, 2.24) is 4.90 Å². The van der Waals surface area contributed by atoms with Gasteiger partial charge < -0.3 is 14.4 Å². The first-order valence-corrected chi connectivity index (χ1v) is 12.7. The van der Waals surface area contributed by atoms with E-state index in [1.807, 2.05) is 42.5 Å². The number of anilines is 1. The van der Waals surface area contributed by atoms with Crippen molar-refractivity contribution in [3.05, 3.63) is 99.2 Å². The smallest absolute Gasteiger partial charge is 0.325 e. The zero-order chi connectivity index (χ0) is 26.5. The van der Waals surface area contributed by atoms with Crippen LogP contribution in [0.5, 0.6) is 5.75 Å². The molecule has 0 aromatic heterocycles. The van der Waals surface area contributed by atoms with E-state index in [4.69, 9.17) is 44.9 Å². The minimum absolute atomic E-state index is 0.192. The second-order valence-electron chi connectivity index (χ2n) is 8.20. The van der Waals surface area contributed by atoms with Crippen molar-refractivity contribution < 1.29 is 19.1 Å². The predicted molar refractivity (Wildman–Crippen MR) is 150 cm³/mol. The number of halogens is 2. The average molecular weight is 555 g/mol. The summed E-state index contributed by atoms with van der Waals surface area (Å²) in [6.07, 6.45) is 2.53. The van der Waals surface area contributed by atoms with Crippen LogP contribution in [0.4, 0.5) is 5.69 Å². The molecule has 1 saturated heterocycles. The summed E-state index contributed by atoms with van der Waals surface area (Å²) in [6, 6.07) is 20.0. The van der Waals surface area contributed by atoms with E-state index in [0.717, 1.165) is 17.5 Å². The van der Waals surface area contributed by atoms with E-state index in [1.165, 1.54) is 16.9 Å². The summed E-state index contributed by atoms with van der Waals surface area (Å²) in [6.45, 7) is 2.05. The quantitative estimate of drug-likeness (QED) is 0.185. The summed E-state index contributed by atoms with van der Waals surface area (Å²) < 4.78 is 10.9. The zero-order valence-electron chi connectivity index (χ0n) is 20.2. The van der Waals surface area contributed by atoms with Gasteiger partial charge in [0.2, 0.25) is 0 Å². The molecule has 37 heavy (non-hydrogen) atoms. The third-order valence-electron chi connectivity index (χ3n) is 5.86. The number of carbonyl (C=O) groups excluding carboxylic acids is 2. The molecule has 4 rings (SSSR count). The molecule has 3 aromatic rings. The van der Waals surface area contributed by atoms with Crippen molar-refractivity contribution in [2.45, 2.75) is 20.0 Å². The monoisotopic (exact) mass is 554 g/mol. The third-order valence-corrected chi connectivity index (χ3v) is 6.85. The van der Waals surface area contributed by atoms with Gasteiger partial charge in [-0.25, -0.2) is 0 Å². The van der Waals surface area contributed by atoms with Gasteiger partial charge >= 0.3 is 5.97 Å². The second-order valence-corrected chi connectivity index (χ2v) is 9.41. The lowest BCUT2D eigenvalue weighted by Gasteiger charge is -2.19. The molecule has 0 atom stereocenters. The number of para-hydroxylation sites is 1. The van der Waals surface area contributed by atoms with Crippen LogP contribution in [0, 0.1) is 0 Å². The molecule has 1 amide bonds. The number of methoxy groups -OCH3 is 1. The summed E-state index contributed by atoms with van der Waals surface area (Å²) in [5.74, 6) is -0.344. The fourth-order valence-corrected chi connectivity index (χ4v) is 4.62. The normalized spacial score (nSPS) is 14.4. The molecule has 190 valence electrons. The van der Waals surface area contributed by atoms with Gasteiger partial charge in [-0.1, -0.05) is 66.5 Å². The number of carbonyl (C=O) groups is 2. The van der Waals surface area contributed by atoms with Crippen molar-refractivity contribution in [3.8, 4) is 5.75 Å². The largest absolute Gasteiger partial charge is 0.488 e. The van der Waals surface area contributed by atoms with Crippen molar-refractivity contribution in [1.29, 1.82) is 0 Å². The minimum Gasteiger partial charge on any atom is -0.488 e. The van der Waals surface area contributed by atoms with Gasteiger partial charge in [-0.15, -0.1) is 0 Å². The number of nitrogens with zero attached hydrogens (tertiary/aromatic N) is 2. The van der Waals surface area contributed by atoms with Crippen molar-refractivity contribution >= 4 is 64.2 Å². The Morgan fingerprint density at radius 3 is 2.46 bits per heavy atom. The lowest BCUT2D eigenvalue weighted by Crippen LogP contribution is -2.35. The van der Waals surface area contributed by atoms with Crippen LogP contribution >= 0.6 is 35.4 Å². The lowest BCUT2D eigenvalue weighted by molar-refractivity contribution is -0.140. The SMILES string of the molecule is CCc1ccc(N2C(=O)/C(=C/c3ccccc3OCc3ccc(Cl)cc3Cl)N(CC(=O)OC)C2=S)cc1. The summed E-state index contributed by atoms with van der Waals surface area (Å²) in [4.78, 5) is 28.7. The number of benzene rings is 3. The van der Waals surface area contributed by atoms with E-state index in [-0.39, 0.29) is 29.9 Å². The first-order chi connectivity index (χ1) is 17.8. The Labute approximate surface area is 231 Å². The molecule has 0 spiro atoms. The van der Waals surface area contributed by atoms with Crippen LogP contribution in [-0.4, -0.2) is 35.5 Å². The maximum atomic E-state index is 13.6. The standard InChI is InChI=1S/C28H24Cl2N2O4S/c1-3-18-8-12-22(13-9-18)32-27(34)24(31(28(32)37)16-26(33)35-2)14-19-6-4-5-7-25(19)36-17-20-10-11-21(29)15-23(20)30/h4-15H,3,16-17H2,1-2H3/b24-14-. The highest BCUT2D eigenvalue weighted by Crippen LogP contribution is 2.32. The molecule has 1 aliphatic rings. The van der Waals surface area contributed by atoms with E-state index in [0.29, 0.717) is 27.0 Å². The maximum Gasteiger partial charge on any atom is 0.325 e. The average Bonchev–Trinajstić information content (AvgIpc) is 3.12. The van der Waals surface area contributed by atoms with Crippen LogP contribution in [0.3, 0.4) is 0 Å². The summed E-state index contributed by atoms with van der Waals surface area (Å²) in [5, 5.41) is 1.22. The summed E-state index contributed by atoms with van der Waals surface area (Å²) in [7, 11) is 1.29. The van der Waals surface area contributed by atoms with E-state index >= 15 is 0 Å². The Kier molecular flexibility index (Phi) is 8.48. The fraction of sp³-hybridized carbons (Fsp3) is 0.179. The minimum atomic E-state index is -0.522. The molecular weight excluding hydrogens is 531 g/mol. The number of rotatable bonds is 8. The van der Waals surface area contributed by atoms with Gasteiger partial charge in [-0.3, -0.25) is 14.5 Å². The van der Waals surface area contributed by atoms with E-state index in [2.05, 4.69) is 6.92 Å². The molecule has 0 aliphatic carbocycles. The molecule has 1 heterocycles. The van der Waals surface area contributed by atoms with Crippen LogP contribution in [0.25, 0.3) is 6.08 Å². The Bertz CT molecular complexity index is 1370. The van der Waals surface area contributed by atoms with Crippen LogP contribution in [0.15, 0.2) is 72.4 Å². The van der Waals surface area contributed by atoms with E-state index in [1.54, 1.807) is 30.3 Å². The predicted octanol–water partition coefficient (Wildman–Crippen LogP) is 6.28. The molecule has 0 radical (unpaired) electrons. The lowest BCUT2D eigenvalue weighted by atomic mass is 10.1. The van der Waals surface area contributed by atoms with Gasteiger partial charge in [-0.2, -0.15) is 0 Å². The van der Waals surface area contributed by atoms with E-state index < -0.39 is 5.97 Å². The first-order valence-electron chi connectivity index (χ1n) is 11.5. The first kappa shape index (κ1) is 26.7. The van der Waals surface area contributed by atoms with Crippen molar-refractivity contribution in [2.24, 2.45) is 0 Å². The summed E-state index contributed by atoms with van der Waals surface area (Å²) in [5.41, 5.74) is 3.38. The van der Waals surface area contributed by atoms with Gasteiger partial charge in [0, 0.05) is 21.2 Å². The molecule has 3 aromatic carbocycles. The molecule has 0 bridgehead atoms. The molecule has 1 fully saturated rings. The highest BCUT2D eigenvalue weighted by molar-refractivity contribution is 7.80. The van der Waals surface area contributed by atoms with Gasteiger partial charge in [-0.05, 0) is 60.6 Å². The van der Waals surface area contributed by atoms with Crippen molar-refractivity contribution in [2.75, 3.05) is 18.6 Å². The number of ether oxygens (including phenoxy) is 2. The number of hydrogen-bond acceptors (Lipinski definition) is 5. The molecular formula is C28H24Cl2N2O4S. The summed E-state index contributed by atoms with van der Waals surface area (Å²) >= 11 is 17.9. The number of esters is 1. The van der Waals surface area contributed by atoms with Crippen LogP contribution in [0.1, 0.15) is 23.6 Å². The van der Waals surface area contributed by atoms with Crippen LogP contribution < -0.4 is 9.64 Å². The highest BCUT2D eigenvalue weighted by atomic mass is 35.5. The van der Waals surface area contributed by atoms with Gasteiger partial charge in [0.25, 0.3) is 5.91 Å². The highest BCUT2D eigenvalue weighted by Gasteiger charge is 2.40. The maximum absolute atomic E-state index is 13.6. The Hall–Kier alpha value is -3.39. The molecule has 0 saturated carbocycles. The van der Waals surface area contributed by atoms with E-state index in [9.17, 15) is 9.59 Å². The number of thiocarbonyl (C=S) groups is 1. The zero-order valence-corrected chi connectivity index (χ0v) is 22.6. The topological polar surface area (TPSA) is 59.1 Å². The Balaban J connectivity index is 1.68. The number of aryl methyl sites for hydroxylation is 1. The molecule has 0 N–H and O–H groups in total. The fourth-order valence-electron chi connectivity index (χ4n) is 3.81. The Morgan fingerprint density at radius 2 is 1.78 bits per heavy atom. The molecule has 6 nitrogen and oxygen atoms in total. The second kappa shape index (κ2) is 11.8. The van der Waals surface area contributed by atoms with Crippen LogP contribution in [-0.2, 0) is 27.4 Å². The number of amides is 1. The van der Waals surface area contributed by atoms with Gasteiger partial charge in [0.15, 0.2) is 5.11 Å². The van der Waals surface area contributed by atoms with Crippen molar-refractivity contribution in [3.63, 3.8) is 0 Å². The van der Waals surface area contributed by atoms with Gasteiger partial charge in [0.05, 0.1) is 12.8 Å². The molecule has 0 unspecified atom stereocenters. The number of hydrogen-bond donors (Lipinski definition) is 0.